The average molecular weight is 285 g/mol. The molecule has 1 amide bonds. The second-order valence-electron chi connectivity index (χ2n) is 7.63. The van der Waals surface area contributed by atoms with Crippen LogP contribution in [0.5, 0.6) is 0 Å². The Morgan fingerprint density at radius 2 is 1.65 bits per heavy atom. The summed E-state index contributed by atoms with van der Waals surface area (Å²) in [5, 5.41) is 11.6. The average Bonchev–Trinajstić information content (AvgIpc) is 2.25. The lowest BCUT2D eigenvalue weighted by Crippen LogP contribution is -2.31. The van der Waals surface area contributed by atoms with Crippen LogP contribution in [0.15, 0.2) is 0 Å². The first-order valence-electron chi connectivity index (χ1n) is 7.42. The van der Waals surface area contributed by atoms with Crippen molar-refractivity contribution in [1.82, 2.24) is 5.32 Å². The molecule has 0 rings (SSSR count). The third-order valence-electron chi connectivity index (χ3n) is 4.11. The third kappa shape index (κ3) is 8.94. The van der Waals surface area contributed by atoms with Crippen molar-refractivity contribution in [3.05, 3.63) is 0 Å². The van der Waals surface area contributed by atoms with Gasteiger partial charge in [0.15, 0.2) is 0 Å². The first-order valence-corrected chi connectivity index (χ1v) is 7.42. The summed E-state index contributed by atoms with van der Waals surface area (Å²) in [4.78, 5) is 22.4. The smallest absolute Gasteiger partial charge is 0.303 e. The summed E-state index contributed by atoms with van der Waals surface area (Å²) >= 11 is 0. The lowest BCUT2D eigenvalue weighted by Gasteiger charge is -2.27. The molecule has 0 aliphatic carbocycles. The lowest BCUT2D eigenvalue weighted by atomic mass is 9.80. The minimum Gasteiger partial charge on any atom is -0.481 e. The second kappa shape index (κ2) is 7.65. The van der Waals surface area contributed by atoms with Crippen molar-refractivity contribution in [1.29, 1.82) is 0 Å². The Morgan fingerprint density at radius 1 is 1.10 bits per heavy atom. The van der Waals surface area contributed by atoms with Crippen LogP contribution in [-0.2, 0) is 9.59 Å². The zero-order chi connectivity index (χ0) is 16.0. The van der Waals surface area contributed by atoms with Crippen LogP contribution in [-0.4, -0.2) is 23.5 Å². The van der Waals surface area contributed by atoms with E-state index in [1.54, 1.807) is 0 Å². The lowest BCUT2D eigenvalue weighted by molar-refractivity contribution is -0.137. The molecule has 4 nitrogen and oxygen atoms in total. The van der Waals surface area contributed by atoms with E-state index < -0.39 is 5.97 Å². The molecule has 2 N–H and O–H groups in total. The standard InChI is InChI=1S/C16H31NO3/c1-12(15(2,3)4)11-13(18)17-10-9-16(5,6)8-7-14(19)20/h12H,7-11H2,1-6H3,(H,17,18)(H,19,20). The van der Waals surface area contributed by atoms with Gasteiger partial charge in [-0.05, 0) is 29.6 Å². The van der Waals surface area contributed by atoms with Gasteiger partial charge >= 0.3 is 5.97 Å². The molecule has 0 aliphatic heterocycles. The molecule has 20 heavy (non-hydrogen) atoms. The van der Waals surface area contributed by atoms with E-state index >= 15 is 0 Å². The van der Waals surface area contributed by atoms with Crippen LogP contribution in [0.2, 0.25) is 0 Å². The number of rotatable bonds is 8. The molecular formula is C16H31NO3. The maximum absolute atomic E-state index is 11.8. The van der Waals surface area contributed by atoms with E-state index in [4.69, 9.17) is 5.11 Å². The molecule has 0 saturated carbocycles. The number of hydrogen-bond donors (Lipinski definition) is 2. The van der Waals surface area contributed by atoms with E-state index in [1.165, 1.54) is 0 Å². The van der Waals surface area contributed by atoms with Gasteiger partial charge in [0.25, 0.3) is 0 Å². The van der Waals surface area contributed by atoms with Gasteiger partial charge in [-0.1, -0.05) is 41.5 Å². The Balaban J connectivity index is 3.99. The van der Waals surface area contributed by atoms with Gasteiger partial charge in [0.1, 0.15) is 0 Å². The number of carbonyl (C=O) groups is 2. The van der Waals surface area contributed by atoms with Crippen molar-refractivity contribution in [2.45, 2.75) is 67.2 Å². The minimum absolute atomic E-state index is 0.0543. The van der Waals surface area contributed by atoms with Crippen LogP contribution in [0.4, 0.5) is 0 Å². The molecule has 0 fully saturated rings. The van der Waals surface area contributed by atoms with E-state index in [9.17, 15) is 9.59 Å². The Kier molecular flexibility index (Phi) is 7.25. The van der Waals surface area contributed by atoms with Gasteiger partial charge in [-0.15, -0.1) is 0 Å². The fourth-order valence-corrected chi connectivity index (χ4v) is 1.77. The van der Waals surface area contributed by atoms with Gasteiger partial charge in [0.2, 0.25) is 5.91 Å². The maximum atomic E-state index is 11.8. The van der Waals surface area contributed by atoms with Gasteiger partial charge in [-0.3, -0.25) is 9.59 Å². The van der Waals surface area contributed by atoms with Crippen LogP contribution in [0, 0.1) is 16.7 Å². The van der Waals surface area contributed by atoms with Crippen molar-refractivity contribution in [3.63, 3.8) is 0 Å². The van der Waals surface area contributed by atoms with E-state index in [0.29, 0.717) is 25.3 Å². The number of nitrogens with one attached hydrogen (secondary N) is 1. The molecule has 0 heterocycles. The summed E-state index contributed by atoms with van der Waals surface area (Å²) in [6.07, 6.45) is 2.16. The Morgan fingerprint density at radius 3 is 2.10 bits per heavy atom. The molecule has 118 valence electrons. The topological polar surface area (TPSA) is 66.4 Å². The predicted octanol–water partition coefficient (Wildman–Crippen LogP) is 3.46. The van der Waals surface area contributed by atoms with Crippen LogP contribution < -0.4 is 5.32 Å². The summed E-state index contributed by atoms with van der Waals surface area (Å²) in [7, 11) is 0. The number of carboxylic acid groups (broad SMARTS) is 1. The highest BCUT2D eigenvalue weighted by Gasteiger charge is 2.23. The summed E-state index contributed by atoms with van der Waals surface area (Å²) in [5.74, 6) is -0.343. The van der Waals surface area contributed by atoms with Crippen molar-refractivity contribution in [2.75, 3.05) is 6.54 Å². The molecule has 0 radical (unpaired) electrons. The van der Waals surface area contributed by atoms with Gasteiger partial charge in [0, 0.05) is 19.4 Å². The van der Waals surface area contributed by atoms with E-state index in [1.807, 2.05) is 13.8 Å². The molecular weight excluding hydrogens is 254 g/mol. The molecule has 1 atom stereocenters. The Labute approximate surface area is 123 Å². The predicted molar refractivity (Wildman–Crippen MR) is 81.5 cm³/mol. The van der Waals surface area contributed by atoms with Gasteiger partial charge < -0.3 is 10.4 Å². The third-order valence-corrected chi connectivity index (χ3v) is 4.11. The largest absolute Gasteiger partial charge is 0.481 e. The SMILES string of the molecule is CC(CC(=O)NCCC(C)(C)CCC(=O)O)C(C)(C)C. The van der Waals surface area contributed by atoms with E-state index in [0.717, 1.165) is 6.42 Å². The normalized spacial score (nSPS) is 13.9. The van der Waals surface area contributed by atoms with Crippen LogP contribution >= 0.6 is 0 Å². The molecule has 0 aromatic rings. The highest BCUT2D eigenvalue weighted by molar-refractivity contribution is 5.76. The molecule has 0 saturated heterocycles. The minimum atomic E-state index is -0.763. The molecule has 1 unspecified atom stereocenters. The summed E-state index contributed by atoms with van der Waals surface area (Å²) in [6.45, 7) is 13.2. The van der Waals surface area contributed by atoms with Crippen molar-refractivity contribution in [2.24, 2.45) is 16.7 Å². The van der Waals surface area contributed by atoms with E-state index in [2.05, 4.69) is 33.0 Å². The van der Waals surface area contributed by atoms with E-state index in [-0.39, 0.29) is 23.2 Å². The number of hydrogen-bond acceptors (Lipinski definition) is 2. The van der Waals surface area contributed by atoms with Gasteiger partial charge in [-0.25, -0.2) is 0 Å². The number of amides is 1. The Bertz CT molecular complexity index is 329. The highest BCUT2D eigenvalue weighted by atomic mass is 16.4. The quantitative estimate of drug-likeness (QED) is 0.717. The highest BCUT2D eigenvalue weighted by Crippen LogP contribution is 2.28. The molecule has 0 aliphatic rings. The fraction of sp³-hybridized carbons (Fsp3) is 0.875. The molecule has 0 spiro atoms. The monoisotopic (exact) mass is 285 g/mol. The fourth-order valence-electron chi connectivity index (χ4n) is 1.77. The summed E-state index contributed by atoms with van der Waals surface area (Å²) < 4.78 is 0. The number of carboxylic acids is 1. The van der Waals surface area contributed by atoms with Crippen molar-refractivity contribution >= 4 is 11.9 Å². The number of carbonyl (C=O) groups excluding carboxylic acids is 1. The second-order valence-corrected chi connectivity index (χ2v) is 7.63. The van der Waals surface area contributed by atoms with Crippen LogP contribution in [0.1, 0.15) is 67.2 Å². The van der Waals surface area contributed by atoms with Gasteiger partial charge in [-0.2, -0.15) is 0 Å². The first kappa shape index (κ1) is 18.9. The molecule has 4 heteroatoms. The molecule has 0 aromatic carbocycles. The summed E-state index contributed by atoms with van der Waals surface area (Å²) in [6, 6.07) is 0. The Hall–Kier alpha value is -1.06. The molecule has 0 aromatic heterocycles. The summed E-state index contributed by atoms with van der Waals surface area (Å²) in [5.41, 5.74) is 0.0827. The van der Waals surface area contributed by atoms with Crippen LogP contribution in [0.25, 0.3) is 0 Å². The van der Waals surface area contributed by atoms with Crippen molar-refractivity contribution < 1.29 is 14.7 Å². The molecule has 0 bridgehead atoms. The number of aliphatic carboxylic acids is 1. The zero-order valence-electron chi connectivity index (χ0n) is 13.9. The maximum Gasteiger partial charge on any atom is 0.303 e. The zero-order valence-corrected chi connectivity index (χ0v) is 13.9. The van der Waals surface area contributed by atoms with Gasteiger partial charge in [0.05, 0.1) is 0 Å². The van der Waals surface area contributed by atoms with Crippen LogP contribution in [0.3, 0.4) is 0 Å². The first-order chi connectivity index (χ1) is 8.94. The van der Waals surface area contributed by atoms with Crippen molar-refractivity contribution in [3.8, 4) is 0 Å².